The number of nitrogens with one attached hydrogen (secondary N) is 1. The number of nitro groups is 1. The van der Waals surface area contributed by atoms with Crippen molar-refractivity contribution in [3.05, 3.63) is 112 Å². The topological polar surface area (TPSA) is 108 Å². The van der Waals surface area contributed by atoms with Crippen molar-refractivity contribution < 1.29 is 24.0 Å². The molecule has 0 radical (unpaired) electrons. The van der Waals surface area contributed by atoms with Gasteiger partial charge in [-0.25, -0.2) is 4.79 Å². The van der Waals surface area contributed by atoms with Crippen LogP contribution in [0.25, 0.3) is 10.8 Å². The molecule has 0 spiro atoms. The lowest BCUT2D eigenvalue weighted by Gasteiger charge is -2.24. The average Bonchev–Trinajstić information content (AvgIpc) is 2.91. The molecule has 8 heteroatoms. The number of carbonyl (C=O) groups excluding carboxylic acids is 2. The summed E-state index contributed by atoms with van der Waals surface area (Å²) < 4.78 is 11.2. The van der Waals surface area contributed by atoms with Gasteiger partial charge >= 0.3 is 5.97 Å². The van der Waals surface area contributed by atoms with Gasteiger partial charge in [0, 0.05) is 24.1 Å². The summed E-state index contributed by atoms with van der Waals surface area (Å²) in [5.41, 5.74) is 0.891. The number of amides is 1. The number of ether oxygens (including phenoxy) is 2. The highest BCUT2D eigenvalue weighted by Gasteiger charge is 2.25. The van der Waals surface area contributed by atoms with Crippen LogP contribution in [0.15, 0.2) is 91.0 Å². The SMILES string of the molecule is CCC(=O)N[C@H](c1cccc([N+](=O)[O-])c1)c1c(OC(=O)COc2ccccc2)ccc2ccccc12. The second-order valence-corrected chi connectivity index (χ2v) is 7.98. The van der Waals surface area contributed by atoms with Crippen LogP contribution in [-0.4, -0.2) is 23.4 Å². The summed E-state index contributed by atoms with van der Waals surface area (Å²) in [6.07, 6.45) is 0.205. The minimum Gasteiger partial charge on any atom is -0.482 e. The molecule has 36 heavy (non-hydrogen) atoms. The first kappa shape index (κ1) is 24.4. The van der Waals surface area contributed by atoms with Crippen LogP contribution in [-0.2, 0) is 9.59 Å². The summed E-state index contributed by atoms with van der Waals surface area (Å²) in [6.45, 7) is 1.39. The van der Waals surface area contributed by atoms with Crippen molar-refractivity contribution in [2.75, 3.05) is 6.61 Å². The Morgan fingerprint density at radius 3 is 2.44 bits per heavy atom. The van der Waals surface area contributed by atoms with Crippen LogP contribution in [0.4, 0.5) is 5.69 Å². The first-order chi connectivity index (χ1) is 17.5. The molecule has 1 atom stereocenters. The number of nitrogens with zero attached hydrogens (tertiary/aromatic N) is 1. The number of esters is 1. The van der Waals surface area contributed by atoms with Crippen LogP contribution in [0.1, 0.15) is 30.5 Å². The second kappa shape index (κ2) is 11.1. The lowest BCUT2D eigenvalue weighted by molar-refractivity contribution is -0.384. The molecule has 0 bridgehead atoms. The van der Waals surface area contributed by atoms with Gasteiger partial charge in [0.1, 0.15) is 11.5 Å². The van der Waals surface area contributed by atoms with E-state index >= 15 is 0 Å². The van der Waals surface area contributed by atoms with Crippen molar-refractivity contribution in [2.45, 2.75) is 19.4 Å². The van der Waals surface area contributed by atoms with Crippen molar-refractivity contribution in [3.8, 4) is 11.5 Å². The van der Waals surface area contributed by atoms with Gasteiger partial charge < -0.3 is 14.8 Å². The third-order valence-electron chi connectivity index (χ3n) is 5.58. The number of para-hydroxylation sites is 1. The molecule has 0 unspecified atom stereocenters. The van der Waals surface area contributed by atoms with Crippen LogP contribution in [0.3, 0.4) is 0 Å². The molecule has 182 valence electrons. The highest BCUT2D eigenvalue weighted by Crippen LogP contribution is 2.37. The number of fused-ring (bicyclic) bond motifs is 1. The van der Waals surface area contributed by atoms with E-state index in [-0.39, 0.29) is 30.4 Å². The number of non-ortho nitro benzene ring substituents is 1. The lowest BCUT2D eigenvalue weighted by Crippen LogP contribution is -2.29. The third-order valence-corrected chi connectivity index (χ3v) is 5.58. The van der Waals surface area contributed by atoms with E-state index in [1.54, 1.807) is 49.4 Å². The Labute approximate surface area is 207 Å². The predicted molar refractivity (Wildman–Crippen MR) is 135 cm³/mol. The Hall–Kier alpha value is -4.72. The Kier molecular flexibility index (Phi) is 7.55. The van der Waals surface area contributed by atoms with Crippen LogP contribution in [0.2, 0.25) is 0 Å². The predicted octanol–water partition coefficient (Wildman–Crippen LogP) is 5.35. The summed E-state index contributed by atoms with van der Waals surface area (Å²) in [5.74, 6) is -0.139. The molecule has 0 heterocycles. The van der Waals surface area contributed by atoms with Crippen LogP contribution < -0.4 is 14.8 Å². The Morgan fingerprint density at radius 2 is 1.69 bits per heavy atom. The standard InChI is InChI=1S/C28H24N2O6/c1-2-25(31)29-28(20-10-8-11-21(17-20)30(33)34)27-23-14-7-6-9-19(23)15-16-24(27)36-26(32)18-35-22-12-4-3-5-13-22/h3-17,28H,2,18H2,1H3,(H,29,31)/t28-/m1/s1. The minimum atomic E-state index is -0.804. The second-order valence-electron chi connectivity index (χ2n) is 7.98. The molecule has 1 N–H and O–H groups in total. The highest BCUT2D eigenvalue weighted by atomic mass is 16.6. The molecule has 0 aliphatic carbocycles. The van der Waals surface area contributed by atoms with E-state index in [0.29, 0.717) is 16.9 Å². The minimum absolute atomic E-state index is 0.113. The number of hydrogen-bond donors (Lipinski definition) is 1. The van der Waals surface area contributed by atoms with Gasteiger partial charge in [0.15, 0.2) is 6.61 Å². The van der Waals surface area contributed by atoms with E-state index in [1.165, 1.54) is 12.1 Å². The van der Waals surface area contributed by atoms with Gasteiger partial charge in [-0.3, -0.25) is 14.9 Å². The van der Waals surface area contributed by atoms with Gasteiger partial charge in [-0.15, -0.1) is 0 Å². The van der Waals surface area contributed by atoms with Crippen molar-refractivity contribution in [2.24, 2.45) is 0 Å². The number of nitro benzene ring substituents is 1. The third kappa shape index (κ3) is 5.67. The maximum absolute atomic E-state index is 12.7. The molecule has 0 fully saturated rings. The van der Waals surface area contributed by atoms with E-state index < -0.39 is 16.9 Å². The molecule has 0 saturated carbocycles. The zero-order chi connectivity index (χ0) is 25.5. The molecule has 0 saturated heterocycles. The van der Waals surface area contributed by atoms with Crippen molar-refractivity contribution >= 4 is 28.3 Å². The smallest absolute Gasteiger partial charge is 0.349 e. The van der Waals surface area contributed by atoms with Crippen LogP contribution in [0, 0.1) is 10.1 Å². The largest absolute Gasteiger partial charge is 0.482 e. The monoisotopic (exact) mass is 484 g/mol. The molecular weight excluding hydrogens is 460 g/mol. The quantitative estimate of drug-likeness (QED) is 0.149. The molecule has 4 aromatic rings. The zero-order valence-electron chi connectivity index (χ0n) is 19.5. The van der Waals surface area contributed by atoms with Crippen molar-refractivity contribution in [1.82, 2.24) is 5.32 Å². The Morgan fingerprint density at radius 1 is 0.944 bits per heavy atom. The van der Waals surface area contributed by atoms with E-state index in [1.807, 2.05) is 36.4 Å². The summed E-state index contributed by atoms with van der Waals surface area (Å²) in [4.78, 5) is 36.2. The van der Waals surface area contributed by atoms with Crippen molar-refractivity contribution in [3.63, 3.8) is 0 Å². The fraction of sp³-hybridized carbons (Fsp3) is 0.143. The van der Waals surface area contributed by atoms with Gasteiger partial charge in [0.05, 0.1) is 11.0 Å². The molecular formula is C28H24N2O6. The Balaban J connectivity index is 1.77. The average molecular weight is 485 g/mol. The van der Waals surface area contributed by atoms with E-state index in [2.05, 4.69) is 5.32 Å². The fourth-order valence-corrected chi connectivity index (χ4v) is 3.88. The maximum Gasteiger partial charge on any atom is 0.349 e. The van der Waals surface area contributed by atoms with E-state index in [9.17, 15) is 19.7 Å². The van der Waals surface area contributed by atoms with Crippen LogP contribution in [0.5, 0.6) is 11.5 Å². The zero-order valence-corrected chi connectivity index (χ0v) is 19.5. The van der Waals surface area contributed by atoms with Gasteiger partial charge in [-0.2, -0.15) is 0 Å². The number of carbonyl (C=O) groups is 2. The van der Waals surface area contributed by atoms with E-state index in [0.717, 1.165) is 10.8 Å². The molecule has 4 rings (SSSR count). The van der Waals surface area contributed by atoms with Gasteiger partial charge in [-0.1, -0.05) is 67.6 Å². The number of benzene rings is 4. The first-order valence-electron chi connectivity index (χ1n) is 11.4. The lowest BCUT2D eigenvalue weighted by atomic mass is 9.92. The van der Waals surface area contributed by atoms with E-state index in [4.69, 9.17) is 9.47 Å². The maximum atomic E-state index is 12.7. The normalized spacial score (nSPS) is 11.5. The summed E-state index contributed by atoms with van der Waals surface area (Å²) >= 11 is 0. The molecule has 0 aliphatic rings. The van der Waals surface area contributed by atoms with Crippen LogP contribution >= 0.6 is 0 Å². The fourth-order valence-electron chi connectivity index (χ4n) is 3.88. The van der Waals surface area contributed by atoms with Gasteiger partial charge in [-0.05, 0) is 34.5 Å². The molecule has 4 aromatic carbocycles. The first-order valence-corrected chi connectivity index (χ1v) is 11.4. The summed E-state index contributed by atoms with van der Waals surface area (Å²) in [7, 11) is 0. The van der Waals surface area contributed by atoms with Gasteiger partial charge in [0.25, 0.3) is 5.69 Å². The van der Waals surface area contributed by atoms with Crippen molar-refractivity contribution in [1.29, 1.82) is 0 Å². The number of rotatable bonds is 9. The molecule has 0 aromatic heterocycles. The summed E-state index contributed by atoms with van der Waals surface area (Å²) in [6, 6.07) is 25.0. The Bertz CT molecular complexity index is 1400. The number of hydrogen-bond acceptors (Lipinski definition) is 6. The molecule has 8 nitrogen and oxygen atoms in total. The molecule has 1 amide bonds. The molecule has 0 aliphatic heterocycles. The highest BCUT2D eigenvalue weighted by molar-refractivity contribution is 5.90. The summed E-state index contributed by atoms with van der Waals surface area (Å²) in [5, 5.41) is 16.0. The van der Waals surface area contributed by atoms with Gasteiger partial charge in [0.2, 0.25) is 5.91 Å².